The molecule has 0 fully saturated rings. The van der Waals surface area contributed by atoms with Gasteiger partial charge >= 0.3 is 0 Å². The molecule has 6 heteroatoms. The summed E-state index contributed by atoms with van der Waals surface area (Å²) in [7, 11) is 0. The van der Waals surface area contributed by atoms with Crippen molar-refractivity contribution in [2.24, 2.45) is 0 Å². The van der Waals surface area contributed by atoms with Crippen molar-refractivity contribution in [2.75, 3.05) is 77.2 Å². The predicted molar refractivity (Wildman–Crippen MR) is 120 cm³/mol. The van der Waals surface area contributed by atoms with Crippen LogP contribution in [-0.2, 0) is 23.6 Å². The minimum absolute atomic E-state index is 1.06. The summed E-state index contributed by atoms with van der Waals surface area (Å²) in [6.07, 6.45) is 6.13. The summed E-state index contributed by atoms with van der Waals surface area (Å²) in [5.74, 6) is 0. The van der Waals surface area contributed by atoms with E-state index in [-0.39, 0.29) is 0 Å². The summed E-state index contributed by atoms with van der Waals surface area (Å²) in [6, 6.07) is -2.11. The average molecular weight is 399 g/mol. The molecule has 0 aromatic heterocycles. The molecule has 0 aromatic carbocycles. The molecular formula is C17H40N2P2S2. The average Bonchev–Trinajstić information content (AvgIpc) is 2.53. The Balaban J connectivity index is 4.11. The molecule has 0 radical (unpaired) electrons. The quantitative estimate of drug-likeness (QED) is 0.403. The van der Waals surface area contributed by atoms with E-state index >= 15 is 0 Å². The SMILES string of the molecule is CCN(CCCN(CC)CCP(C)(=S)CC)CCP(C)(=S)CC. The summed E-state index contributed by atoms with van der Waals surface area (Å²) in [4.78, 5) is 5.18. The fourth-order valence-corrected chi connectivity index (χ4v) is 4.93. The lowest BCUT2D eigenvalue weighted by Crippen LogP contribution is -2.33. The van der Waals surface area contributed by atoms with Gasteiger partial charge in [0.2, 0.25) is 0 Å². The molecule has 0 bridgehead atoms. The van der Waals surface area contributed by atoms with Crippen LogP contribution in [0.2, 0.25) is 0 Å². The molecule has 0 N–H and O–H groups in total. The topological polar surface area (TPSA) is 6.48 Å². The fourth-order valence-electron chi connectivity index (χ4n) is 2.40. The summed E-state index contributed by atoms with van der Waals surface area (Å²) >= 11 is 11.5. The Labute approximate surface area is 156 Å². The van der Waals surface area contributed by atoms with Crippen molar-refractivity contribution in [3.63, 3.8) is 0 Å². The summed E-state index contributed by atoms with van der Waals surface area (Å²) in [5, 5.41) is 0. The standard InChI is InChI=1S/C17H40N2P2S2/c1-7-18(14-16-20(5,22)9-3)12-11-13-19(8-2)15-17-21(6,23)10-4/h7-17H2,1-6H3. The van der Waals surface area contributed by atoms with Gasteiger partial charge in [-0.15, -0.1) is 0 Å². The van der Waals surface area contributed by atoms with Gasteiger partial charge in [0.05, 0.1) is 0 Å². The maximum atomic E-state index is 5.73. The Kier molecular flexibility index (Phi) is 13.2. The normalized spacial score (nSPS) is 17.4. The molecule has 140 valence electrons. The number of nitrogens with zero attached hydrogens (tertiary/aromatic N) is 2. The highest BCUT2D eigenvalue weighted by Crippen LogP contribution is 2.41. The van der Waals surface area contributed by atoms with Crippen LogP contribution in [0.4, 0.5) is 0 Å². The third-order valence-corrected chi connectivity index (χ3v) is 12.6. The van der Waals surface area contributed by atoms with Gasteiger partial charge in [-0.1, -0.05) is 51.3 Å². The van der Waals surface area contributed by atoms with Crippen molar-refractivity contribution >= 4 is 35.7 Å². The Morgan fingerprint density at radius 3 is 1.26 bits per heavy atom. The van der Waals surface area contributed by atoms with Crippen LogP contribution in [0.3, 0.4) is 0 Å². The second-order valence-electron chi connectivity index (χ2n) is 6.90. The van der Waals surface area contributed by atoms with Crippen LogP contribution in [0.25, 0.3) is 0 Å². The first-order valence-electron chi connectivity index (χ1n) is 9.25. The van der Waals surface area contributed by atoms with Crippen molar-refractivity contribution in [1.82, 2.24) is 9.80 Å². The van der Waals surface area contributed by atoms with Crippen LogP contribution in [0, 0.1) is 0 Å². The number of hydrogen-bond acceptors (Lipinski definition) is 4. The Bertz CT molecular complexity index is 366. The lowest BCUT2D eigenvalue weighted by Gasteiger charge is -2.27. The third-order valence-electron chi connectivity index (χ3n) is 4.96. The Hall–Kier alpha value is 1.22. The van der Waals surface area contributed by atoms with Crippen LogP contribution in [-0.4, -0.2) is 87.0 Å². The Morgan fingerprint density at radius 1 is 0.652 bits per heavy atom. The molecular weight excluding hydrogens is 358 g/mol. The molecule has 0 saturated heterocycles. The van der Waals surface area contributed by atoms with Crippen molar-refractivity contribution in [3.8, 4) is 0 Å². The third kappa shape index (κ3) is 12.2. The van der Waals surface area contributed by atoms with Gasteiger partial charge in [-0.3, -0.25) is 0 Å². The molecule has 0 aliphatic rings. The monoisotopic (exact) mass is 398 g/mol. The van der Waals surface area contributed by atoms with Crippen LogP contribution in [0.1, 0.15) is 34.1 Å². The molecule has 2 atom stereocenters. The van der Waals surface area contributed by atoms with E-state index in [1.165, 1.54) is 57.2 Å². The van der Waals surface area contributed by atoms with Gasteiger partial charge in [0.25, 0.3) is 0 Å². The smallest absolute Gasteiger partial charge is 0.00277 e. The van der Waals surface area contributed by atoms with E-state index in [4.69, 9.17) is 23.6 Å². The molecule has 2 nitrogen and oxygen atoms in total. The van der Waals surface area contributed by atoms with Gasteiger partial charge in [0, 0.05) is 13.1 Å². The Morgan fingerprint density at radius 2 is 1.00 bits per heavy atom. The number of rotatable bonds is 14. The van der Waals surface area contributed by atoms with E-state index in [2.05, 4.69) is 50.8 Å². The van der Waals surface area contributed by atoms with E-state index < -0.39 is 12.1 Å². The van der Waals surface area contributed by atoms with Crippen molar-refractivity contribution in [1.29, 1.82) is 0 Å². The highest BCUT2D eigenvalue weighted by atomic mass is 32.4. The van der Waals surface area contributed by atoms with Crippen LogP contribution in [0.5, 0.6) is 0 Å². The van der Waals surface area contributed by atoms with E-state index in [0.717, 1.165) is 13.1 Å². The van der Waals surface area contributed by atoms with E-state index in [9.17, 15) is 0 Å². The molecule has 0 amide bonds. The minimum atomic E-state index is -1.06. The molecule has 0 heterocycles. The van der Waals surface area contributed by atoms with Gasteiger partial charge in [-0.25, -0.2) is 0 Å². The van der Waals surface area contributed by atoms with Crippen LogP contribution in [0.15, 0.2) is 0 Å². The second-order valence-corrected chi connectivity index (χ2v) is 19.5. The maximum Gasteiger partial charge on any atom is 0.00277 e. The fraction of sp³-hybridized carbons (Fsp3) is 1.00. The first kappa shape index (κ1) is 24.2. The molecule has 0 aliphatic heterocycles. The predicted octanol–water partition coefficient (Wildman–Crippen LogP) is 4.28. The first-order chi connectivity index (χ1) is 10.7. The zero-order valence-corrected chi connectivity index (χ0v) is 19.8. The maximum absolute atomic E-state index is 5.73. The molecule has 0 aromatic rings. The molecule has 0 rings (SSSR count). The van der Waals surface area contributed by atoms with E-state index in [0.29, 0.717) is 0 Å². The van der Waals surface area contributed by atoms with E-state index in [1.54, 1.807) is 0 Å². The zero-order chi connectivity index (χ0) is 17.9. The van der Waals surface area contributed by atoms with Crippen molar-refractivity contribution < 1.29 is 0 Å². The van der Waals surface area contributed by atoms with Gasteiger partial charge in [-0.2, -0.15) is 0 Å². The van der Waals surface area contributed by atoms with Gasteiger partial charge in [-0.05, 0) is 82.7 Å². The highest BCUT2D eigenvalue weighted by molar-refractivity contribution is 8.14. The minimum Gasteiger partial charge on any atom is -0.303 e. The van der Waals surface area contributed by atoms with Crippen LogP contribution < -0.4 is 0 Å². The zero-order valence-electron chi connectivity index (χ0n) is 16.4. The lowest BCUT2D eigenvalue weighted by atomic mass is 10.3. The highest BCUT2D eigenvalue weighted by Gasteiger charge is 2.12. The summed E-state index contributed by atoms with van der Waals surface area (Å²) in [6.45, 7) is 20.8. The van der Waals surface area contributed by atoms with Crippen LogP contribution >= 0.6 is 12.1 Å². The van der Waals surface area contributed by atoms with Gasteiger partial charge in [0.15, 0.2) is 0 Å². The molecule has 0 saturated carbocycles. The van der Waals surface area contributed by atoms with Gasteiger partial charge in [0.1, 0.15) is 0 Å². The second kappa shape index (κ2) is 12.6. The van der Waals surface area contributed by atoms with Crippen molar-refractivity contribution in [3.05, 3.63) is 0 Å². The molecule has 0 spiro atoms. The first-order valence-corrected chi connectivity index (χ1v) is 16.5. The summed E-state index contributed by atoms with van der Waals surface area (Å²) < 4.78 is 0. The van der Waals surface area contributed by atoms with Gasteiger partial charge < -0.3 is 9.80 Å². The largest absolute Gasteiger partial charge is 0.303 e. The van der Waals surface area contributed by atoms with Crippen molar-refractivity contribution in [2.45, 2.75) is 34.1 Å². The number of hydrogen-bond donors (Lipinski definition) is 0. The lowest BCUT2D eigenvalue weighted by molar-refractivity contribution is 0.252. The van der Waals surface area contributed by atoms with E-state index in [1.807, 2.05) is 0 Å². The molecule has 2 unspecified atom stereocenters. The molecule has 0 aliphatic carbocycles. The molecule has 23 heavy (non-hydrogen) atoms. The summed E-state index contributed by atoms with van der Waals surface area (Å²) in [5.41, 5.74) is 0.